The Bertz CT molecular complexity index is 501. The lowest BCUT2D eigenvalue weighted by Crippen LogP contribution is -2.54. The van der Waals surface area contributed by atoms with E-state index < -0.39 is 23.0 Å². The van der Waals surface area contributed by atoms with Crippen molar-refractivity contribution in [3.63, 3.8) is 0 Å². The number of hydrogen-bond acceptors (Lipinski definition) is 3. The molecule has 4 heteroatoms. The van der Waals surface area contributed by atoms with Gasteiger partial charge >= 0.3 is 0 Å². The lowest BCUT2D eigenvalue weighted by molar-refractivity contribution is -0.143. The van der Waals surface area contributed by atoms with E-state index >= 15 is 0 Å². The molecule has 4 nitrogen and oxygen atoms in total. The normalized spacial score (nSPS) is 15.9. The first-order valence-corrected chi connectivity index (χ1v) is 7.22. The first-order valence-electron chi connectivity index (χ1n) is 7.22. The van der Waals surface area contributed by atoms with Crippen LogP contribution >= 0.6 is 0 Å². The smallest absolute Gasteiger partial charge is 0.256 e. The van der Waals surface area contributed by atoms with Crippen LogP contribution in [0.15, 0.2) is 30.3 Å². The lowest BCUT2D eigenvalue weighted by Gasteiger charge is -2.33. The molecule has 0 aromatic heterocycles. The molecule has 0 radical (unpaired) electrons. The lowest BCUT2D eigenvalue weighted by atomic mass is 9.82. The zero-order valence-corrected chi connectivity index (χ0v) is 13.4. The predicted octanol–water partition coefficient (Wildman–Crippen LogP) is 2.40. The molecule has 0 fully saturated rings. The molecule has 2 atom stereocenters. The highest BCUT2D eigenvalue weighted by molar-refractivity contribution is 5.93. The second kappa shape index (κ2) is 6.39. The number of carbonyl (C=O) groups is 2. The Morgan fingerprint density at radius 3 is 2.10 bits per heavy atom. The van der Waals surface area contributed by atoms with Gasteiger partial charge in [0, 0.05) is 6.42 Å². The van der Waals surface area contributed by atoms with E-state index in [0.717, 1.165) is 0 Å². The van der Waals surface area contributed by atoms with Crippen LogP contribution in [0.3, 0.4) is 0 Å². The van der Waals surface area contributed by atoms with E-state index in [-0.39, 0.29) is 5.78 Å². The minimum atomic E-state index is -1.67. The molecular formula is C17H25NO3. The molecule has 1 aromatic carbocycles. The van der Waals surface area contributed by atoms with Gasteiger partial charge in [0.05, 0.1) is 6.04 Å². The Hall–Kier alpha value is -1.68. The quantitative estimate of drug-likeness (QED) is 0.875. The molecular weight excluding hydrogens is 266 g/mol. The highest BCUT2D eigenvalue weighted by atomic mass is 16.3. The number of nitrogens with one attached hydrogen (secondary N) is 1. The first-order chi connectivity index (χ1) is 9.60. The van der Waals surface area contributed by atoms with Crippen LogP contribution in [0.25, 0.3) is 0 Å². The van der Waals surface area contributed by atoms with Crippen LogP contribution < -0.4 is 5.32 Å². The van der Waals surface area contributed by atoms with Crippen molar-refractivity contribution < 1.29 is 14.7 Å². The molecule has 0 saturated heterocycles. The second-order valence-electron chi connectivity index (χ2n) is 6.53. The summed E-state index contributed by atoms with van der Waals surface area (Å²) in [6.45, 7) is 8.88. The highest BCUT2D eigenvalue weighted by Crippen LogP contribution is 2.25. The average Bonchev–Trinajstić information content (AvgIpc) is 2.43. The van der Waals surface area contributed by atoms with Gasteiger partial charge in [-0.3, -0.25) is 9.59 Å². The monoisotopic (exact) mass is 291 g/mol. The molecule has 1 rings (SSSR count). The Labute approximate surface area is 126 Å². The Balaban J connectivity index is 2.99. The van der Waals surface area contributed by atoms with Gasteiger partial charge in [-0.2, -0.15) is 0 Å². The van der Waals surface area contributed by atoms with Crippen molar-refractivity contribution in [1.82, 2.24) is 5.32 Å². The summed E-state index contributed by atoms with van der Waals surface area (Å²) in [7, 11) is 0. The number of hydrogen-bond donors (Lipinski definition) is 2. The fourth-order valence-electron chi connectivity index (χ4n) is 2.15. The zero-order valence-electron chi connectivity index (χ0n) is 13.4. The Morgan fingerprint density at radius 2 is 1.67 bits per heavy atom. The van der Waals surface area contributed by atoms with E-state index in [9.17, 15) is 14.7 Å². The van der Waals surface area contributed by atoms with Gasteiger partial charge in [-0.1, -0.05) is 58.0 Å². The number of rotatable bonds is 5. The molecule has 1 amide bonds. The van der Waals surface area contributed by atoms with Crippen LogP contribution in [0.2, 0.25) is 0 Å². The van der Waals surface area contributed by atoms with Gasteiger partial charge < -0.3 is 10.4 Å². The van der Waals surface area contributed by atoms with Crippen LogP contribution in [-0.2, 0) is 15.2 Å². The number of aliphatic hydroxyl groups is 1. The van der Waals surface area contributed by atoms with Crippen molar-refractivity contribution in [3.05, 3.63) is 35.9 Å². The standard InChI is InChI=1S/C17H25NO3/c1-6-13(19)14(16(2,3)4)18-15(20)17(5,21)12-10-8-7-9-11-12/h7-11,14,21H,6H2,1-5H3,(H,18,20). The third-order valence-corrected chi connectivity index (χ3v) is 3.59. The molecule has 0 heterocycles. The van der Waals surface area contributed by atoms with Crippen molar-refractivity contribution in [1.29, 1.82) is 0 Å². The maximum Gasteiger partial charge on any atom is 0.256 e. The van der Waals surface area contributed by atoms with Gasteiger partial charge in [0.15, 0.2) is 11.4 Å². The van der Waals surface area contributed by atoms with Crippen LogP contribution in [0.4, 0.5) is 0 Å². The highest BCUT2D eigenvalue weighted by Gasteiger charge is 2.38. The molecule has 0 spiro atoms. The molecule has 0 bridgehead atoms. The van der Waals surface area contributed by atoms with E-state index in [0.29, 0.717) is 12.0 Å². The first kappa shape index (κ1) is 17.4. The minimum absolute atomic E-state index is 0.0419. The maximum absolute atomic E-state index is 12.4. The Kier molecular flexibility index (Phi) is 5.29. The summed E-state index contributed by atoms with van der Waals surface area (Å²) >= 11 is 0. The number of carbonyl (C=O) groups excluding carboxylic acids is 2. The maximum atomic E-state index is 12.4. The Morgan fingerprint density at radius 1 is 1.14 bits per heavy atom. The molecule has 0 saturated carbocycles. The van der Waals surface area contributed by atoms with Gasteiger partial charge in [-0.25, -0.2) is 0 Å². The molecule has 116 valence electrons. The predicted molar refractivity (Wildman–Crippen MR) is 82.7 cm³/mol. The van der Waals surface area contributed by atoms with E-state index in [1.807, 2.05) is 26.8 Å². The van der Waals surface area contributed by atoms with Gasteiger partial charge in [0.1, 0.15) is 0 Å². The van der Waals surface area contributed by atoms with Crippen molar-refractivity contribution >= 4 is 11.7 Å². The van der Waals surface area contributed by atoms with Gasteiger partial charge in [0.2, 0.25) is 0 Å². The second-order valence-corrected chi connectivity index (χ2v) is 6.53. The van der Waals surface area contributed by atoms with Crippen LogP contribution in [0.5, 0.6) is 0 Å². The fourth-order valence-corrected chi connectivity index (χ4v) is 2.15. The molecule has 2 unspecified atom stereocenters. The van der Waals surface area contributed by atoms with Crippen LogP contribution in [0, 0.1) is 5.41 Å². The number of Topliss-reactive ketones (excluding diaryl/α,β-unsaturated/α-hetero) is 1. The van der Waals surface area contributed by atoms with E-state index in [1.54, 1.807) is 31.2 Å². The zero-order chi connectivity index (χ0) is 16.3. The van der Waals surface area contributed by atoms with Crippen LogP contribution in [-0.4, -0.2) is 22.8 Å². The number of amides is 1. The van der Waals surface area contributed by atoms with Gasteiger partial charge in [-0.05, 0) is 17.9 Å². The summed E-state index contributed by atoms with van der Waals surface area (Å²) in [5.74, 6) is -0.602. The molecule has 2 N–H and O–H groups in total. The third kappa shape index (κ3) is 4.14. The van der Waals surface area contributed by atoms with Gasteiger partial charge in [-0.15, -0.1) is 0 Å². The topological polar surface area (TPSA) is 66.4 Å². The molecule has 0 aliphatic heterocycles. The number of benzene rings is 1. The van der Waals surface area contributed by atoms with Gasteiger partial charge in [0.25, 0.3) is 5.91 Å². The largest absolute Gasteiger partial charge is 0.376 e. The average molecular weight is 291 g/mol. The third-order valence-electron chi connectivity index (χ3n) is 3.59. The van der Waals surface area contributed by atoms with Crippen molar-refractivity contribution in [2.24, 2.45) is 5.41 Å². The van der Waals surface area contributed by atoms with E-state index in [2.05, 4.69) is 5.32 Å². The van der Waals surface area contributed by atoms with E-state index in [1.165, 1.54) is 6.92 Å². The summed E-state index contributed by atoms with van der Waals surface area (Å²) in [6.07, 6.45) is 0.343. The van der Waals surface area contributed by atoms with E-state index in [4.69, 9.17) is 0 Å². The van der Waals surface area contributed by atoms with Crippen LogP contribution in [0.1, 0.15) is 46.6 Å². The molecule has 21 heavy (non-hydrogen) atoms. The van der Waals surface area contributed by atoms with Crippen molar-refractivity contribution in [2.75, 3.05) is 0 Å². The fraction of sp³-hybridized carbons (Fsp3) is 0.529. The molecule has 0 aliphatic rings. The SMILES string of the molecule is CCC(=O)C(NC(=O)C(C)(O)c1ccccc1)C(C)(C)C. The summed E-state index contributed by atoms with van der Waals surface area (Å²) in [5.41, 5.74) is -1.58. The summed E-state index contributed by atoms with van der Waals surface area (Å²) in [6, 6.07) is 8.09. The number of ketones is 1. The molecule has 0 aliphatic carbocycles. The van der Waals surface area contributed by atoms with Crippen molar-refractivity contribution in [3.8, 4) is 0 Å². The summed E-state index contributed by atoms with van der Waals surface area (Å²) in [5, 5.41) is 13.2. The van der Waals surface area contributed by atoms with Crippen molar-refractivity contribution in [2.45, 2.75) is 52.7 Å². The minimum Gasteiger partial charge on any atom is -0.376 e. The summed E-state index contributed by atoms with van der Waals surface area (Å²) in [4.78, 5) is 24.5. The summed E-state index contributed by atoms with van der Waals surface area (Å²) < 4.78 is 0. The molecule has 1 aromatic rings.